The number of hydrogen-bond acceptors (Lipinski definition) is 7. The Hall–Kier alpha value is -2.81. The van der Waals surface area contributed by atoms with E-state index in [0.29, 0.717) is 6.42 Å². The van der Waals surface area contributed by atoms with Crippen LogP contribution in [-0.2, 0) is 4.79 Å². The lowest BCUT2D eigenvalue weighted by molar-refractivity contribution is -0.139. The van der Waals surface area contributed by atoms with Gasteiger partial charge in [0.25, 0.3) is 0 Å². The third-order valence-corrected chi connectivity index (χ3v) is 8.33. The van der Waals surface area contributed by atoms with Crippen LogP contribution in [0.15, 0.2) is 59.6 Å². The Balaban J connectivity index is 1.35. The fourth-order valence-corrected chi connectivity index (χ4v) is 6.35. The first-order chi connectivity index (χ1) is 18.0. The second-order valence-corrected chi connectivity index (χ2v) is 10.7. The summed E-state index contributed by atoms with van der Waals surface area (Å²) in [6, 6.07) is 15.6. The van der Waals surface area contributed by atoms with Crippen molar-refractivity contribution in [2.75, 3.05) is 39.6 Å². The maximum Gasteiger partial charge on any atom is 0.303 e. The molecule has 0 saturated carbocycles. The molecule has 4 rings (SSSR count). The number of carboxylic acid groups (broad SMARTS) is 1. The van der Waals surface area contributed by atoms with Crippen molar-refractivity contribution in [3.63, 3.8) is 0 Å². The number of likely N-dealkylation sites (tertiary alicyclic amines) is 1. The van der Waals surface area contributed by atoms with Gasteiger partial charge in [-0.3, -0.25) is 9.78 Å². The number of piperidine rings is 1. The van der Waals surface area contributed by atoms with Crippen molar-refractivity contribution in [2.24, 2.45) is 11.8 Å². The summed E-state index contributed by atoms with van der Waals surface area (Å²) >= 11 is 1.77. The molecule has 0 unspecified atom stereocenters. The van der Waals surface area contributed by atoms with Gasteiger partial charge in [0, 0.05) is 41.7 Å². The van der Waals surface area contributed by atoms with Crippen LogP contribution in [0.25, 0.3) is 10.9 Å². The standard InChI is InChI=1S/C29H36N2O5S/c1-35-22-8-9-25-24(18-22)23(11-13-30-25)26(32)10-7-20-12-14-31(19-21(20)17-29(33)34)15-16-37-28-6-4-3-5-27(28)36-2/h3-6,8-9,11,13,18,20-21,26,32H,7,10,12,14-17,19H2,1-2H3,(H,33,34)/t20-,21+,26-/m1/s1. The van der Waals surface area contributed by atoms with Gasteiger partial charge in [-0.15, -0.1) is 11.8 Å². The van der Waals surface area contributed by atoms with Gasteiger partial charge >= 0.3 is 5.97 Å². The van der Waals surface area contributed by atoms with Crippen LogP contribution in [0.2, 0.25) is 0 Å². The zero-order chi connectivity index (χ0) is 26.2. The molecular weight excluding hydrogens is 488 g/mol. The molecule has 1 aliphatic rings. The fourth-order valence-electron chi connectivity index (χ4n) is 5.31. The molecule has 1 fully saturated rings. The highest BCUT2D eigenvalue weighted by atomic mass is 32.2. The van der Waals surface area contributed by atoms with Crippen LogP contribution in [0.5, 0.6) is 11.5 Å². The van der Waals surface area contributed by atoms with Crippen LogP contribution in [-0.4, -0.2) is 65.7 Å². The molecule has 198 valence electrons. The van der Waals surface area contributed by atoms with Crippen molar-refractivity contribution in [3.05, 3.63) is 60.3 Å². The number of carbonyl (C=O) groups is 1. The summed E-state index contributed by atoms with van der Waals surface area (Å²) in [6.45, 7) is 2.62. The van der Waals surface area contributed by atoms with Crippen molar-refractivity contribution in [1.29, 1.82) is 0 Å². The number of thioether (sulfide) groups is 1. The van der Waals surface area contributed by atoms with Gasteiger partial charge in [0.05, 0.1) is 25.8 Å². The minimum Gasteiger partial charge on any atom is -0.497 e. The highest BCUT2D eigenvalue weighted by Gasteiger charge is 2.31. The van der Waals surface area contributed by atoms with Crippen LogP contribution in [0.3, 0.4) is 0 Å². The molecule has 3 atom stereocenters. The number of aliphatic hydroxyl groups excluding tert-OH is 1. The number of methoxy groups -OCH3 is 2. The summed E-state index contributed by atoms with van der Waals surface area (Å²) in [5.74, 6) is 2.12. The maximum atomic E-state index is 11.7. The Bertz CT molecular complexity index is 1190. The molecule has 1 aromatic heterocycles. The summed E-state index contributed by atoms with van der Waals surface area (Å²) in [5.41, 5.74) is 1.66. The molecule has 0 aliphatic carbocycles. The quantitative estimate of drug-likeness (QED) is 0.310. The molecule has 0 radical (unpaired) electrons. The van der Waals surface area contributed by atoms with Gasteiger partial charge in [0.1, 0.15) is 11.5 Å². The normalized spacial score (nSPS) is 19.0. The minimum atomic E-state index is -0.756. The van der Waals surface area contributed by atoms with Gasteiger partial charge in [0.2, 0.25) is 0 Å². The SMILES string of the molecule is COc1ccc2nccc([C@H](O)CC[C@@H]3CCN(CCSc4ccccc4OC)C[C@@H]3CC(=O)O)c2c1. The topological polar surface area (TPSA) is 92.1 Å². The molecule has 8 heteroatoms. The Labute approximate surface area is 222 Å². The van der Waals surface area contributed by atoms with Gasteiger partial charge in [-0.1, -0.05) is 12.1 Å². The van der Waals surface area contributed by atoms with E-state index in [1.165, 1.54) is 0 Å². The largest absolute Gasteiger partial charge is 0.497 e. The highest BCUT2D eigenvalue weighted by molar-refractivity contribution is 7.99. The van der Waals surface area contributed by atoms with Gasteiger partial charge in [0.15, 0.2) is 0 Å². The molecule has 2 heterocycles. The second kappa shape index (κ2) is 13.1. The zero-order valence-electron chi connectivity index (χ0n) is 21.5. The predicted molar refractivity (Wildman–Crippen MR) is 146 cm³/mol. The minimum absolute atomic E-state index is 0.0731. The lowest BCUT2D eigenvalue weighted by Crippen LogP contribution is -2.42. The van der Waals surface area contributed by atoms with Crippen LogP contribution < -0.4 is 9.47 Å². The van der Waals surface area contributed by atoms with Crippen LogP contribution in [0.1, 0.15) is 37.4 Å². The van der Waals surface area contributed by atoms with E-state index < -0.39 is 12.1 Å². The number of carboxylic acids is 1. The average Bonchev–Trinajstić information content (AvgIpc) is 2.91. The van der Waals surface area contributed by atoms with E-state index in [9.17, 15) is 15.0 Å². The van der Waals surface area contributed by atoms with E-state index in [0.717, 1.165) is 71.1 Å². The van der Waals surface area contributed by atoms with E-state index in [2.05, 4.69) is 16.0 Å². The lowest BCUT2D eigenvalue weighted by atomic mass is 9.79. The first-order valence-electron chi connectivity index (χ1n) is 12.8. The van der Waals surface area contributed by atoms with E-state index in [4.69, 9.17) is 9.47 Å². The molecule has 0 bridgehead atoms. The van der Waals surface area contributed by atoms with Crippen molar-refractivity contribution < 1.29 is 24.5 Å². The van der Waals surface area contributed by atoms with Crippen LogP contribution in [0.4, 0.5) is 0 Å². The number of ether oxygens (including phenoxy) is 2. The molecule has 0 amide bonds. The monoisotopic (exact) mass is 524 g/mol. The number of para-hydroxylation sites is 1. The van der Waals surface area contributed by atoms with Gasteiger partial charge in [-0.05, 0) is 79.6 Å². The maximum absolute atomic E-state index is 11.7. The Morgan fingerprint density at radius 2 is 2.00 bits per heavy atom. The van der Waals surface area contributed by atoms with E-state index >= 15 is 0 Å². The summed E-state index contributed by atoms with van der Waals surface area (Å²) in [4.78, 5) is 19.6. The predicted octanol–water partition coefficient (Wildman–Crippen LogP) is 5.27. The summed E-state index contributed by atoms with van der Waals surface area (Å²) in [7, 11) is 3.31. The number of benzene rings is 2. The number of nitrogens with zero attached hydrogens (tertiary/aromatic N) is 2. The van der Waals surface area contributed by atoms with Crippen molar-refractivity contribution >= 4 is 28.6 Å². The Morgan fingerprint density at radius 3 is 2.78 bits per heavy atom. The number of fused-ring (bicyclic) bond motifs is 1. The number of hydrogen-bond donors (Lipinski definition) is 2. The molecule has 2 aromatic carbocycles. The lowest BCUT2D eigenvalue weighted by Gasteiger charge is -2.38. The first kappa shape index (κ1) is 27.2. The third-order valence-electron chi connectivity index (χ3n) is 7.30. The Kier molecular flexibility index (Phi) is 9.66. The van der Waals surface area contributed by atoms with E-state index in [-0.39, 0.29) is 18.3 Å². The number of pyridine rings is 1. The van der Waals surface area contributed by atoms with Crippen molar-refractivity contribution in [3.8, 4) is 11.5 Å². The van der Waals surface area contributed by atoms with E-state index in [1.807, 2.05) is 42.5 Å². The first-order valence-corrected chi connectivity index (χ1v) is 13.8. The van der Waals surface area contributed by atoms with Gasteiger partial charge in [-0.25, -0.2) is 0 Å². The molecule has 3 aromatic rings. The number of aliphatic hydroxyl groups is 1. The van der Waals surface area contributed by atoms with Crippen LogP contribution in [0, 0.1) is 11.8 Å². The van der Waals surface area contributed by atoms with Gasteiger partial charge < -0.3 is 24.6 Å². The Morgan fingerprint density at radius 1 is 1.16 bits per heavy atom. The number of rotatable bonds is 12. The highest BCUT2D eigenvalue weighted by Crippen LogP contribution is 2.35. The third kappa shape index (κ3) is 7.15. The van der Waals surface area contributed by atoms with E-state index in [1.54, 1.807) is 32.2 Å². The van der Waals surface area contributed by atoms with Crippen molar-refractivity contribution in [2.45, 2.75) is 36.7 Å². The molecular formula is C29H36N2O5S. The molecule has 2 N–H and O–H groups in total. The summed E-state index contributed by atoms with van der Waals surface area (Å²) < 4.78 is 10.8. The average molecular weight is 525 g/mol. The molecule has 1 aliphatic heterocycles. The molecule has 7 nitrogen and oxygen atoms in total. The summed E-state index contributed by atoms with van der Waals surface area (Å²) in [5, 5.41) is 21.6. The second-order valence-electron chi connectivity index (χ2n) is 9.58. The molecule has 1 saturated heterocycles. The summed E-state index contributed by atoms with van der Waals surface area (Å²) in [6.07, 6.45) is 3.55. The van der Waals surface area contributed by atoms with Crippen LogP contribution >= 0.6 is 11.8 Å². The number of aliphatic carboxylic acids is 1. The molecule has 37 heavy (non-hydrogen) atoms. The van der Waals surface area contributed by atoms with Crippen molar-refractivity contribution in [1.82, 2.24) is 9.88 Å². The molecule has 0 spiro atoms. The fraction of sp³-hybridized carbons (Fsp3) is 0.448. The van der Waals surface area contributed by atoms with Gasteiger partial charge in [-0.2, -0.15) is 0 Å². The zero-order valence-corrected chi connectivity index (χ0v) is 22.3. The number of aromatic nitrogens is 1. The smallest absolute Gasteiger partial charge is 0.303 e.